The Bertz CT molecular complexity index is 9520. The molecular weight excluding hydrogens is 1740 g/mol. The van der Waals surface area contributed by atoms with E-state index in [1.165, 1.54) is 219 Å². The van der Waals surface area contributed by atoms with Crippen molar-refractivity contribution in [2.24, 2.45) is 0 Å². The van der Waals surface area contributed by atoms with Crippen molar-refractivity contribution in [3.05, 3.63) is 476 Å². The molecule has 0 aliphatic heterocycles. The highest BCUT2D eigenvalue weighted by atomic mass is 15.1. The highest BCUT2D eigenvalue weighted by Gasteiger charge is 2.51. The van der Waals surface area contributed by atoms with Crippen LogP contribution >= 0.6 is 0 Å². The van der Waals surface area contributed by atoms with E-state index in [0.29, 0.717) is 17.5 Å². The molecular formula is C139H109N5. The molecule has 28 rings (SSSR count). The average molecular weight is 1850 g/mol. The van der Waals surface area contributed by atoms with Crippen LogP contribution < -0.4 is 4.90 Å². The quantitative estimate of drug-likeness (QED) is 0.142. The van der Waals surface area contributed by atoms with Gasteiger partial charge in [0.05, 0.1) is 22.4 Å². The molecule has 3 aliphatic rings. The van der Waals surface area contributed by atoms with Gasteiger partial charge < -0.3 is 9.47 Å². The standard InChI is InChI=1S/C51H39N3.C46H37N.C42H33N/c1-50(2)43-21-13-20-39(33-22-24-37(25-23-33)49-53-47(35-15-7-5-8-16-35)52-48(54-49)36-17-9-6-10-18-36)45(43)42-31-28-34-27-29-40-38-19-12-11-14-32(38)26-30-41(40)44(34)46(42)51(50,3)4;1-45(2)41-28-27-37-35-17-10-8-14-31(35)24-26-38(37)43(41)39-19-12-20-42(44(39)46(45,3)4)47(33-15-6-5-7-16-33)34-25-23-32-22-21-30-13-9-11-18-36(30)40(32)29-34;1-41(2)35-23-21-26-12-5-6-13-28(26)40(35)34-25-33-27(24-36(34)42(41,3)4)20-22-32-29(33)16-11-19-39(32)43-37-17-9-7-14-30(37)31-15-8-10-18-38(31)43/h5-31H,1-4H3;5-29H,1-4H3;5-25H,1-4H3. The van der Waals surface area contributed by atoms with Gasteiger partial charge in [0, 0.05) is 55.1 Å². The summed E-state index contributed by atoms with van der Waals surface area (Å²) in [5.74, 6) is 1.98. The summed E-state index contributed by atoms with van der Waals surface area (Å²) in [6.07, 6.45) is 0. The van der Waals surface area contributed by atoms with Gasteiger partial charge in [-0.3, -0.25) is 0 Å². The Balaban J connectivity index is 0.000000111. The van der Waals surface area contributed by atoms with Crippen LogP contribution in [0.3, 0.4) is 0 Å². The maximum Gasteiger partial charge on any atom is 0.164 e. The van der Waals surface area contributed by atoms with E-state index in [4.69, 9.17) is 15.0 Å². The van der Waals surface area contributed by atoms with Gasteiger partial charge in [0.25, 0.3) is 0 Å². The third-order valence-electron chi connectivity index (χ3n) is 34.5. The minimum atomic E-state index is -0.174. The molecule has 23 aromatic carbocycles. The van der Waals surface area contributed by atoms with Crippen molar-refractivity contribution >= 4 is 147 Å². The van der Waals surface area contributed by atoms with Crippen molar-refractivity contribution in [2.75, 3.05) is 4.90 Å². The van der Waals surface area contributed by atoms with Crippen molar-refractivity contribution < 1.29 is 0 Å². The molecule has 144 heavy (non-hydrogen) atoms. The fourth-order valence-electron chi connectivity index (χ4n) is 25.0. The number of fused-ring (bicyclic) bond motifs is 30. The van der Waals surface area contributed by atoms with Crippen molar-refractivity contribution in [2.45, 2.75) is 116 Å². The van der Waals surface area contributed by atoms with Crippen molar-refractivity contribution in [3.63, 3.8) is 0 Å². The van der Waals surface area contributed by atoms with Gasteiger partial charge in [0.2, 0.25) is 0 Å². The summed E-state index contributed by atoms with van der Waals surface area (Å²) in [5.41, 5.74) is 28.5. The number of hydrogen-bond acceptors (Lipinski definition) is 4. The van der Waals surface area contributed by atoms with Crippen LogP contribution in [-0.4, -0.2) is 19.5 Å². The topological polar surface area (TPSA) is 46.8 Å². The number of nitrogens with zero attached hydrogens (tertiary/aromatic N) is 5. The number of aromatic nitrogens is 4. The number of anilines is 3. The Kier molecular flexibility index (Phi) is 20.0. The van der Waals surface area contributed by atoms with E-state index < -0.39 is 0 Å². The highest BCUT2D eigenvalue weighted by molar-refractivity contribution is 6.22. The molecule has 0 radical (unpaired) electrons. The molecule has 0 atom stereocenters. The monoisotopic (exact) mass is 1850 g/mol. The fourth-order valence-corrected chi connectivity index (χ4v) is 25.0. The number of rotatable bonds is 8. The predicted molar refractivity (Wildman–Crippen MR) is 613 cm³/mol. The summed E-state index contributed by atoms with van der Waals surface area (Å²) < 4.78 is 2.45. The first-order chi connectivity index (χ1) is 70.0. The summed E-state index contributed by atoms with van der Waals surface area (Å²) in [4.78, 5) is 17.4. The summed E-state index contributed by atoms with van der Waals surface area (Å²) >= 11 is 0. The largest absolute Gasteiger partial charge is 0.310 e. The molecule has 3 aliphatic carbocycles. The van der Waals surface area contributed by atoms with Gasteiger partial charge in [0.1, 0.15) is 0 Å². The van der Waals surface area contributed by atoms with E-state index in [1.807, 2.05) is 60.7 Å². The van der Waals surface area contributed by atoms with Gasteiger partial charge in [-0.05, 0) is 263 Å². The number of benzene rings is 23. The first-order valence-electron chi connectivity index (χ1n) is 50.9. The molecule has 0 spiro atoms. The van der Waals surface area contributed by atoms with E-state index in [2.05, 4.69) is 475 Å². The second-order valence-electron chi connectivity index (χ2n) is 43.2. The van der Waals surface area contributed by atoms with Gasteiger partial charge in [-0.2, -0.15) is 0 Å². The Morgan fingerprint density at radius 1 is 0.194 bits per heavy atom. The molecule has 2 heterocycles. The lowest BCUT2D eigenvalue weighted by Gasteiger charge is -2.50. The summed E-state index contributed by atoms with van der Waals surface area (Å²) in [6.45, 7) is 29.2. The first-order valence-corrected chi connectivity index (χ1v) is 50.9. The number of hydrogen-bond donors (Lipinski definition) is 0. The van der Waals surface area contributed by atoms with Gasteiger partial charge >= 0.3 is 0 Å². The van der Waals surface area contributed by atoms with Crippen molar-refractivity contribution in [1.82, 2.24) is 19.5 Å². The molecule has 690 valence electrons. The van der Waals surface area contributed by atoms with Crippen LogP contribution in [0, 0.1) is 0 Å². The van der Waals surface area contributed by atoms with E-state index >= 15 is 0 Å². The lowest BCUT2D eigenvalue weighted by Crippen LogP contribution is -2.44. The highest BCUT2D eigenvalue weighted by Crippen LogP contribution is 2.63. The van der Waals surface area contributed by atoms with E-state index in [9.17, 15) is 0 Å². The molecule has 0 bridgehead atoms. The molecule has 2 aromatic heterocycles. The zero-order chi connectivity index (χ0) is 97.6. The lowest BCUT2D eigenvalue weighted by molar-refractivity contribution is 0.299. The summed E-state index contributed by atoms with van der Waals surface area (Å²) in [7, 11) is 0. The minimum Gasteiger partial charge on any atom is -0.310 e. The van der Waals surface area contributed by atoms with Crippen LogP contribution in [0.2, 0.25) is 0 Å². The summed E-state index contributed by atoms with van der Waals surface area (Å²) in [5, 5.41) is 28.6. The van der Waals surface area contributed by atoms with Crippen LogP contribution in [0.1, 0.15) is 116 Å². The molecule has 0 fully saturated rings. The van der Waals surface area contributed by atoms with Crippen LogP contribution in [0.4, 0.5) is 17.1 Å². The van der Waals surface area contributed by atoms with E-state index in [0.717, 1.165) is 28.1 Å². The smallest absolute Gasteiger partial charge is 0.164 e. The van der Waals surface area contributed by atoms with Crippen molar-refractivity contribution in [3.8, 4) is 84.4 Å². The van der Waals surface area contributed by atoms with Gasteiger partial charge in [-0.1, -0.05) is 465 Å². The second-order valence-corrected chi connectivity index (χ2v) is 43.2. The molecule has 0 amide bonds. The van der Waals surface area contributed by atoms with E-state index in [1.54, 1.807) is 0 Å². The van der Waals surface area contributed by atoms with E-state index in [-0.39, 0.29) is 32.5 Å². The van der Waals surface area contributed by atoms with Crippen LogP contribution in [0.5, 0.6) is 0 Å². The third kappa shape index (κ3) is 13.3. The lowest BCUT2D eigenvalue weighted by atomic mass is 9.54. The maximum absolute atomic E-state index is 4.99. The van der Waals surface area contributed by atoms with Gasteiger partial charge in [0.15, 0.2) is 17.5 Å². The second kappa shape index (κ2) is 32.9. The Labute approximate surface area is 841 Å². The molecule has 25 aromatic rings. The minimum absolute atomic E-state index is 0.0202. The summed E-state index contributed by atoms with van der Waals surface area (Å²) in [6, 6.07) is 162. The number of para-hydroxylation sites is 3. The first kappa shape index (κ1) is 87.5. The third-order valence-corrected chi connectivity index (χ3v) is 34.5. The predicted octanol–water partition coefficient (Wildman–Crippen LogP) is 37.7. The SMILES string of the molecule is CC1(C)c2cc3ccc4c(-n5c6ccccc6c6ccccc65)cccc4c3cc2-c2c(ccc3ccccc23)C1(C)C.CC1(C)c2ccc3c(ccc4ccccc43)c2-c2cccc(N(c3ccccc3)c3ccc4ccc5ccccc5c4c3)c2C1(C)C.CC1(C)c2cccc(-c3ccc(-c4nc(-c5ccccc5)nc(-c5ccccc5)n4)cc3)c2-c2ccc3ccc4c5ccccc5ccc4c3c2C1(C)C. The van der Waals surface area contributed by atoms with Crippen LogP contribution in [-0.2, 0) is 32.5 Å². The molecule has 0 N–H and O–H groups in total. The molecule has 5 nitrogen and oxygen atoms in total. The molecule has 0 saturated heterocycles. The molecule has 0 saturated carbocycles. The Morgan fingerprint density at radius 2 is 0.576 bits per heavy atom. The van der Waals surface area contributed by atoms with Crippen LogP contribution in [0.25, 0.3) is 214 Å². The van der Waals surface area contributed by atoms with Crippen molar-refractivity contribution in [1.29, 1.82) is 0 Å². The zero-order valence-electron chi connectivity index (χ0n) is 83.4. The Morgan fingerprint density at radius 3 is 1.20 bits per heavy atom. The van der Waals surface area contributed by atoms with Gasteiger partial charge in [-0.15, -0.1) is 0 Å². The molecule has 5 heteroatoms. The zero-order valence-corrected chi connectivity index (χ0v) is 83.4. The fraction of sp³-hybridized carbons (Fsp3) is 0.129. The average Bonchev–Trinajstić information content (AvgIpc) is 0.814. The normalized spacial score (nSPS) is 14.7. The maximum atomic E-state index is 4.99. The Hall–Kier alpha value is -16.7. The van der Waals surface area contributed by atoms with Crippen LogP contribution in [0.15, 0.2) is 443 Å². The molecule has 0 unspecified atom stereocenters. The van der Waals surface area contributed by atoms with Gasteiger partial charge in [-0.25, -0.2) is 15.0 Å².